The minimum atomic E-state index is -0.269. The molecule has 0 amide bonds. The summed E-state index contributed by atoms with van der Waals surface area (Å²) in [4.78, 5) is 0. The third-order valence-corrected chi connectivity index (χ3v) is 3.14. The largest absolute Gasteiger partial charge is 0.381 e. The van der Waals surface area contributed by atoms with Crippen LogP contribution in [0, 0.1) is 17.1 Å². The van der Waals surface area contributed by atoms with Crippen LogP contribution >= 0.6 is 15.9 Å². The summed E-state index contributed by atoms with van der Waals surface area (Å²) in [5.41, 5.74) is 2.38. The molecule has 2 aromatic rings. The Morgan fingerprint density at radius 3 is 2.50 bits per heavy atom. The number of nitriles is 1. The molecule has 0 aliphatic heterocycles. The molecule has 18 heavy (non-hydrogen) atoms. The van der Waals surface area contributed by atoms with Crippen molar-refractivity contribution in [1.82, 2.24) is 0 Å². The predicted molar refractivity (Wildman–Crippen MR) is 72.6 cm³/mol. The summed E-state index contributed by atoms with van der Waals surface area (Å²) in [6.07, 6.45) is 0. The van der Waals surface area contributed by atoms with E-state index in [4.69, 9.17) is 5.26 Å². The molecular weight excluding hydrogens is 295 g/mol. The molecule has 0 bridgehead atoms. The maximum atomic E-state index is 13.3. The summed E-state index contributed by atoms with van der Waals surface area (Å²) in [7, 11) is 0. The number of hydrogen-bond acceptors (Lipinski definition) is 2. The van der Waals surface area contributed by atoms with Crippen molar-refractivity contribution in [2.75, 3.05) is 5.32 Å². The van der Waals surface area contributed by atoms with Gasteiger partial charge in [0.2, 0.25) is 0 Å². The standard InChI is InChI=1S/C14H10BrFN2/c15-13-6-3-11(7-14(13)16)9-18-12-4-1-10(8-17)2-5-12/h1-7,18H,9H2. The fraction of sp³-hybridized carbons (Fsp3) is 0.0714. The quantitative estimate of drug-likeness (QED) is 0.927. The van der Waals surface area contributed by atoms with Gasteiger partial charge in [0.25, 0.3) is 0 Å². The monoisotopic (exact) mass is 304 g/mol. The van der Waals surface area contributed by atoms with E-state index in [2.05, 4.69) is 27.3 Å². The first-order valence-electron chi connectivity index (χ1n) is 5.37. The van der Waals surface area contributed by atoms with Crippen molar-refractivity contribution in [2.45, 2.75) is 6.54 Å². The SMILES string of the molecule is N#Cc1ccc(NCc2ccc(Br)c(F)c2)cc1. The normalized spacial score (nSPS) is 9.83. The van der Waals surface area contributed by atoms with E-state index in [0.717, 1.165) is 11.3 Å². The number of benzene rings is 2. The van der Waals surface area contributed by atoms with Crippen molar-refractivity contribution in [3.8, 4) is 6.07 Å². The van der Waals surface area contributed by atoms with Crippen molar-refractivity contribution in [1.29, 1.82) is 5.26 Å². The zero-order valence-corrected chi connectivity index (χ0v) is 11.0. The highest BCUT2D eigenvalue weighted by molar-refractivity contribution is 9.10. The van der Waals surface area contributed by atoms with E-state index in [9.17, 15) is 4.39 Å². The van der Waals surface area contributed by atoms with Gasteiger partial charge < -0.3 is 5.32 Å². The van der Waals surface area contributed by atoms with Crippen molar-refractivity contribution in [3.05, 3.63) is 63.9 Å². The van der Waals surface area contributed by atoms with Crippen molar-refractivity contribution < 1.29 is 4.39 Å². The fourth-order valence-corrected chi connectivity index (χ4v) is 1.76. The van der Waals surface area contributed by atoms with E-state index < -0.39 is 0 Å². The van der Waals surface area contributed by atoms with Crippen LogP contribution < -0.4 is 5.32 Å². The summed E-state index contributed by atoms with van der Waals surface area (Å²) in [5, 5.41) is 11.8. The zero-order chi connectivity index (χ0) is 13.0. The summed E-state index contributed by atoms with van der Waals surface area (Å²) >= 11 is 3.12. The van der Waals surface area contributed by atoms with Gasteiger partial charge in [-0.25, -0.2) is 4.39 Å². The lowest BCUT2D eigenvalue weighted by Crippen LogP contribution is -1.99. The first-order valence-corrected chi connectivity index (χ1v) is 6.16. The Bertz CT molecular complexity index is 588. The molecule has 0 atom stereocenters. The van der Waals surface area contributed by atoms with Crippen molar-refractivity contribution in [2.24, 2.45) is 0 Å². The molecule has 90 valence electrons. The second-order valence-electron chi connectivity index (χ2n) is 3.79. The highest BCUT2D eigenvalue weighted by atomic mass is 79.9. The van der Waals surface area contributed by atoms with E-state index >= 15 is 0 Å². The lowest BCUT2D eigenvalue weighted by molar-refractivity contribution is 0.619. The molecule has 0 heterocycles. The van der Waals surface area contributed by atoms with E-state index in [1.807, 2.05) is 18.2 Å². The number of nitrogens with zero attached hydrogens (tertiary/aromatic N) is 1. The van der Waals surface area contributed by atoms with Crippen LogP contribution in [0.15, 0.2) is 46.9 Å². The summed E-state index contributed by atoms with van der Waals surface area (Å²) in [6.45, 7) is 0.538. The molecule has 2 nitrogen and oxygen atoms in total. The van der Waals surface area contributed by atoms with Crippen LogP contribution in [0.2, 0.25) is 0 Å². The molecule has 0 fully saturated rings. The van der Waals surface area contributed by atoms with Crippen LogP contribution in [0.3, 0.4) is 0 Å². The zero-order valence-electron chi connectivity index (χ0n) is 9.45. The average molecular weight is 305 g/mol. The first kappa shape index (κ1) is 12.6. The molecule has 0 aliphatic carbocycles. The van der Waals surface area contributed by atoms with Gasteiger partial charge in [0.1, 0.15) is 5.82 Å². The average Bonchev–Trinajstić information content (AvgIpc) is 2.41. The Morgan fingerprint density at radius 1 is 1.17 bits per heavy atom. The van der Waals surface area contributed by atoms with Gasteiger partial charge in [-0.3, -0.25) is 0 Å². The highest BCUT2D eigenvalue weighted by Gasteiger charge is 2.00. The van der Waals surface area contributed by atoms with Gasteiger partial charge in [-0.2, -0.15) is 5.26 Å². The fourth-order valence-electron chi connectivity index (χ4n) is 1.52. The molecule has 4 heteroatoms. The number of nitrogens with one attached hydrogen (secondary N) is 1. The molecule has 2 rings (SSSR count). The molecule has 0 aromatic heterocycles. The maximum Gasteiger partial charge on any atom is 0.137 e. The summed E-state index contributed by atoms with van der Waals surface area (Å²) < 4.78 is 13.8. The number of anilines is 1. The van der Waals surface area contributed by atoms with Crippen molar-refractivity contribution >= 4 is 21.6 Å². The molecular formula is C14H10BrFN2. The van der Waals surface area contributed by atoms with Gasteiger partial charge in [0.15, 0.2) is 0 Å². The summed E-state index contributed by atoms with van der Waals surface area (Å²) in [5.74, 6) is -0.269. The van der Waals surface area contributed by atoms with E-state index in [1.54, 1.807) is 18.2 Å². The second kappa shape index (κ2) is 5.65. The Hall–Kier alpha value is -1.86. The first-order chi connectivity index (χ1) is 8.69. The number of halogens is 2. The minimum absolute atomic E-state index is 0.269. The molecule has 0 saturated heterocycles. The van der Waals surface area contributed by atoms with Gasteiger partial charge >= 0.3 is 0 Å². The van der Waals surface area contributed by atoms with Gasteiger partial charge in [-0.05, 0) is 57.9 Å². The van der Waals surface area contributed by atoms with Crippen molar-refractivity contribution in [3.63, 3.8) is 0 Å². The van der Waals surface area contributed by atoms with Crippen LogP contribution in [0.1, 0.15) is 11.1 Å². The van der Waals surface area contributed by atoms with Gasteiger partial charge in [-0.1, -0.05) is 6.07 Å². The molecule has 1 N–H and O–H groups in total. The number of hydrogen-bond donors (Lipinski definition) is 1. The molecule has 2 aromatic carbocycles. The molecule has 0 radical (unpaired) electrons. The maximum absolute atomic E-state index is 13.3. The summed E-state index contributed by atoms with van der Waals surface area (Å²) in [6, 6.07) is 14.2. The van der Waals surface area contributed by atoms with Gasteiger partial charge in [-0.15, -0.1) is 0 Å². The predicted octanol–water partition coefficient (Wildman–Crippen LogP) is 4.07. The highest BCUT2D eigenvalue weighted by Crippen LogP contribution is 2.17. The van der Waals surface area contributed by atoms with Crippen LogP contribution in [-0.2, 0) is 6.54 Å². The van der Waals surface area contributed by atoms with E-state index in [0.29, 0.717) is 16.6 Å². The smallest absolute Gasteiger partial charge is 0.137 e. The second-order valence-corrected chi connectivity index (χ2v) is 4.65. The van der Waals surface area contributed by atoms with Crippen LogP contribution in [0.4, 0.5) is 10.1 Å². The van der Waals surface area contributed by atoms with Gasteiger partial charge in [0, 0.05) is 12.2 Å². The van der Waals surface area contributed by atoms with Gasteiger partial charge in [0.05, 0.1) is 16.1 Å². The minimum Gasteiger partial charge on any atom is -0.381 e. The Labute approximate surface area is 113 Å². The van der Waals surface area contributed by atoms with Crippen LogP contribution in [-0.4, -0.2) is 0 Å². The molecule has 0 saturated carbocycles. The van der Waals surface area contributed by atoms with Crippen LogP contribution in [0.25, 0.3) is 0 Å². The van der Waals surface area contributed by atoms with E-state index in [-0.39, 0.29) is 5.82 Å². The van der Waals surface area contributed by atoms with E-state index in [1.165, 1.54) is 6.07 Å². The lowest BCUT2D eigenvalue weighted by Gasteiger charge is -2.07. The molecule has 0 unspecified atom stereocenters. The Balaban J connectivity index is 2.02. The Kier molecular flexibility index (Phi) is 3.96. The topological polar surface area (TPSA) is 35.8 Å². The lowest BCUT2D eigenvalue weighted by atomic mass is 10.2. The number of rotatable bonds is 3. The molecule has 0 aliphatic rings. The third-order valence-electron chi connectivity index (χ3n) is 2.49. The third kappa shape index (κ3) is 3.08. The molecule has 0 spiro atoms. The Morgan fingerprint density at radius 2 is 1.89 bits per heavy atom. The van der Waals surface area contributed by atoms with Crippen LogP contribution in [0.5, 0.6) is 0 Å².